The summed E-state index contributed by atoms with van der Waals surface area (Å²) in [5, 5.41) is 7.83. The zero-order chi connectivity index (χ0) is 19.6. The Bertz CT molecular complexity index is 866. The van der Waals surface area contributed by atoms with Crippen LogP contribution in [0.2, 0.25) is 5.02 Å². The lowest BCUT2D eigenvalue weighted by molar-refractivity contribution is 0.00964. The monoisotopic (exact) mass is 401 g/mol. The van der Waals surface area contributed by atoms with E-state index in [0.29, 0.717) is 18.2 Å². The summed E-state index contributed by atoms with van der Waals surface area (Å²) in [4.78, 5) is 12.8. The van der Waals surface area contributed by atoms with E-state index < -0.39 is 0 Å². The van der Waals surface area contributed by atoms with Crippen molar-refractivity contribution in [1.29, 1.82) is 0 Å². The van der Waals surface area contributed by atoms with E-state index in [2.05, 4.69) is 29.5 Å². The van der Waals surface area contributed by atoms with Gasteiger partial charge in [-0.05, 0) is 49.3 Å². The molecule has 1 N–H and O–H groups in total. The summed E-state index contributed by atoms with van der Waals surface area (Å²) in [5.74, 6) is 0.652. The standard InChI is InChI=1S/C22H28ClN3O2/c1-22(11-4-12-28-15-22)14-24-19-13-25-26(21(27)20(19)23)18-9-7-17(8-10-18)16-5-2-3-6-16/h7-10,13,16,24H,2-6,11-12,14-15H2,1H3. The van der Waals surface area contributed by atoms with E-state index in [-0.39, 0.29) is 16.0 Å². The number of halogens is 1. The molecule has 0 radical (unpaired) electrons. The van der Waals surface area contributed by atoms with Gasteiger partial charge < -0.3 is 10.1 Å². The van der Waals surface area contributed by atoms with Gasteiger partial charge >= 0.3 is 0 Å². The number of hydrogen-bond acceptors (Lipinski definition) is 4. The molecule has 1 aromatic carbocycles. The molecule has 0 bridgehead atoms. The highest BCUT2D eigenvalue weighted by Crippen LogP contribution is 2.34. The number of benzene rings is 1. The summed E-state index contributed by atoms with van der Waals surface area (Å²) in [6.45, 7) is 4.44. The minimum atomic E-state index is -0.301. The summed E-state index contributed by atoms with van der Waals surface area (Å²) in [6, 6.07) is 8.16. The number of anilines is 1. The van der Waals surface area contributed by atoms with Gasteiger partial charge in [0.15, 0.2) is 0 Å². The maximum Gasteiger partial charge on any atom is 0.292 e. The first-order chi connectivity index (χ1) is 13.6. The Morgan fingerprint density at radius 1 is 1.25 bits per heavy atom. The lowest BCUT2D eigenvalue weighted by Crippen LogP contribution is -2.35. The highest BCUT2D eigenvalue weighted by Gasteiger charge is 2.28. The first-order valence-corrected chi connectivity index (χ1v) is 10.6. The van der Waals surface area contributed by atoms with Gasteiger partial charge in [0.1, 0.15) is 5.02 Å². The van der Waals surface area contributed by atoms with Crippen molar-refractivity contribution in [2.45, 2.75) is 51.4 Å². The van der Waals surface area contributed by atoms with Crippen molar-refractivity contribution < 1.29 is 4.74 Å². The molecule has 0 amide bonds. The fourth-order valence-electron chi connectivity index (χ4n) is 4.33. The maximum absolute atomic E-state index is 12.8. The zero-order valence-electron chi connectivity index (χ0n) is 16.4. The summed E-state index contributed by atoms with van der Waals surface area (Å²) in [7, 11) is 0. The van der Waals surface area contributed by atoms with Crippen LogP contribution in [0.4, 0.5) is 5.69 Å². The van der Waals surface area contributed by atoms with E-state index in [4.69, 9.17) is 16.3 Å². The van der Waals surface area contributed by atoms with Gasteiger partial charge in [0.25, 0.3) is 5.56 Å². The fraction of sp³-hybridized carbons (Fsp3) is 0.545. The minimum absolute atomic E-state index is 0.0481. The second-order valence-electron chi connectivity index (χ2n) is 8.48. The van der Waals surface area contributed by atoms with Crippen LogP contribution in [0, 0.1) is 5.41 Å². The van der Waals surface area contributed by atoms with E-state index in [9.17, 15) is 4.79 Å². The second kappa shape index (κ2) is 8.26. The molecule has 1 saturated heterocycles. The molecule has 2 heterocycles. The van der Waals surface area contributed by atoms with E-state index in [1.807, 2.05) is 12.1 Å². The smallest absolute Gasteiger partial charge is 0.292 e. The predicted octanol–water partition coefficient (Wildman–Crippen LogP) is 4.77. The maximum atomic E-state index is 12.8. The van der Waals surface area contributed by atoms with Crippen molar-refractivity contribution in [2.75, 3.05) is 25.1 Å². The molecule has 1 aromatic heterocycles. The Kier molecular flexibility index (Phi) is 5.74. The molecule has 1 aliphatic heterocycles. The topological polar surface area (TPSA) is 56.2 Å². The molecule has 1 atom stereocenters. The summed E-state index contributed by atoms with van der Waals surface area (Å²) < 4.78 is 6.97. The molecule has 1 saturated carbocycles. The molecule has 2 aromatic rings. The Morgan fingerprint density at radius 3 is 2.68 bits per heavy atom. The van der Waals surface area contributed by atoms with Crippen molar-refractivity contribution in [1.82, 2.24) is 9.78 Å². The normalized spacial score (nSPS) is 23.1. The van der Waals surface area contributed by atoms with Crippen molar-refractivity contribution in [3.05, 3.63) is 51.4 Å². The van der Waals surface area contributed by atoms with Gasteiger partial charge in [0.2, 0.25) is 0 Å². The fourth-order valence-corrected chi connectivity index (χ4v) is 4.52. The van der Waals surface area contributed by atoms with Gasteiger partial charge in [0.05, 0.1) is 24.2 Å². The Morgan fingerprint density at radius 2 is 2.00 bits per heavy atom. The van der Waals surface area contributed by atoms with Crippen LogP contribution >= 0.6 is 11.6 Å². The first kappa shape index (κ1) is 19.5. The number of nitrogens with zero attached hydrogens (tertiary/aromatic N) is 2. The number of rotatable bonds is 5. The van der Waals surface area contributed by atoms with Crippen molar-refractivity contribution in [3.63, 3.8) is 0 Å². The second-order valence-corrected chi connectivity index (χ2v) is 8.86. The third-order valence-corrected chi connectivity index (χ3v) is 6.47. The minimum Gasteiger partial charge on any atom is -0.382 e. The van der Waals surface area contributed by atoms with E-state index in [1.165, 1.54) is 35.9 Å². The molecule has 4 rings (SSSR count). The van der Waals surface area contributed by atoms with Crippen LogP contribution in [-0.2, 0) is 4.74 Å². The number of aromatic nitrogens is 2. The summed E-state index contributed by atoms with van der Waals surface area (Å²) >= 11 is 6.38. The molecular weight excluding hydrogens is 374 g/mol. The lowest BCUT2D eigenvalue weighted by atomic mass is 9.85. The molecule has 1 unspecified atom stereocenters. The third-order valence-electron chi connectivity index (χ3n) is 6.11. The van der Waals surface area contributed by atoms with Gasteiger partial charge in [0, 0.05) is 18.6 Å². The Labute approximate surface area is 171 Å². The third kappa shape index (κ3) is 4.11. The Balaban J connectivity index is 1.50. The molecule has 1 aliphatic carbocycles. The van der Waals surface area contributed by atoms with Crippen LogP contribution in [-0.4, -0.2) is 29.5 Å². The van der Waals surface area contributed by atoms with Gasteiger partial charge in [-0.25, -0.2) is 0 Å². The van der Waals surface area contributed by atoms with Gasteiger partial charge in [-0.3, -0.25) is 4.79 Å². The molecular formula is C22H28ClN3O2. The highest BCUT2D eigenvalue weighted by molar-refractivity contribution is 6.32. The van der Waals surface area contributed by atoms with Gasteiger partial charge in [-0.1, -0.05) is 43.5 Å². The number of ether oxygens (including phenoxy) is 1. The summed E-state index contributed by atoms with van der Waals surface area (Å²) in [5.41, 5.74) is 2.42. The largest absolute Gasteiger partial charge is 0.382 e. The average molecular weight is 402 g/mol. The van der Waals surface area contributed by atoms with Crippen LogP contribution in [0.3, 0.4) is 0 Å². The zero-order valence-corrected chi connectivity index (χ0v) is 17.2. The SMILES string of the molecule is CC1(CNc2cnn(-c3ccc(C4CCCC4)cc3)c(=O)c2Cl)CCCOC1. The van der Waals surface area contributed by atoms with Gasteiger partial charge in [-0.15, -0.1) is 0 Å². The van der Waals surface area contributed by atoms with E-state index in [0.717, 1.165) is 31.7 Å². The Hall–Kier alpha value is -1.85. The van der Waals surface area contributed by atoms with Crippen LogP contribution in [0.15, 0.2) is 35.3 Å². The number of nitrogens with one attached hydrogen (secondary N) is 1. The average Bonchev–Trinajstić information content (AvgIpc) is 3.25. The molecule has 0 spiro atoms. The quantitative estimate of drug-likeness (QED) is 0.783. The first-order valence-electron chi connectivity index (χ1n) is 10.3. The van der Waals surface area contributed by atoms with Crippen LogP contribution in [0.5, 0.6) is 0 Å². The van der Waals surface area contributed by atoms with Crippen molar-refractivity contribution in [2.24, 2.45) is 5.41 Å². The van der Waals surface area contributed by atoms with Crippen LogP contribution in [0.1, 0.15) is 56.9 Å². The molecule has 28 heavy (non-hydrogen) atoms. The molecule has 2 fully saturated rings. The number of hydrogen-bond donors (Lipinski definition) is 1. The predicted molar refractivity (Wildman–Crippen MR) is 113 cm³/mol. The molecule has 2 aliphatic rings. The van der Waals surface area contributed by atoms with Crippen molar-refractivity contribution >= 4 is 17.3 Å². The summed E-state index contributed by atoms with van der Waals surface area (Å²) in [6.07, 6.45) is 8.92. The van der Waals surface area contributed by atoms with Crippen molar-refractivity contribution in [3.8, 4) is 5.69 Å². The highest BCUT2D eigenvalue weighted by atomic mass is 35.5. The lowest BCUT2D eigenvalue weighted by Gasteiger charge is -2.33. The van der Waals surface area contributed by atoms with Crippen LogP contribution < -0.4 is 10.9 Å². The molecule has 150 valence electrons. The molecule has 5 nitrogen and oxygen atoms in total. The molecule has 6 heteroatoms. The van der Waals surface area contributed by atoms with E-state index >= 15 is 0 Å². The van der Waals surface area contributed by atoms with E-state index in [1.54, 1.807) is 6.20 Å². The van der Waals surface area contributed by atoms with Gasteiger partial charge in [-0.2, -0.15) is 9.78 Å². The van der Waals surface area contributed by atoms with Crippen LogP contribution in [0.25, 0.3) is 5.69 Å².